The van der Waals surface area contributed by atoms with Crippen molar-refractivity contribution in [2.45, 2.75) is 57.5 Å². The zero-order valence-corrected chi connectivity index (χ0v) is 16.2. The number of urea groups is 1. The van der Waals surface area contributed by atoms with Crippen LogP contribution in [0.5, 0.6) is 0 Å². The lowest BCUT2D eigenvalue weighted by Gasteiger charge is -2.31. The predicted molar refractivity (Wildman–Crippen MR) is 95.1 cm³/mol. The van der Waals surface area contributed by atoms with Crippen LogP contribution in [-0.2, 0) is 19.4 Å². The highest BCUT2D eigenvalue weighted by Gasteiger charge is 2.53. The van der Waals surface area contributed by atoms with E-state index < -0.39 is 21.4 Å². The monoisotopic (exact) mass is 385 g/mol. The number of sulfone groups is 1. The number of imide groups is 1. The summed E-state index contributed by atoms with van der Waals surface area (Å²) >= 11 is 0. The molecule has 1 N–H and O–H groups in total. The lowest BCUT2D eigenvalue weighted by Crippen LogP contribution is -2.49. The Balaban J connectivity index is 1.73. The Morgan fingerprint density at radius 2 is 1.96 bits per heavy atom. The van der Waals surface area contributed by atoms with Gasteiger partial charge in [-0.2, -0.15) is 0 Å². The fourth-order valence-electron chi connectivity index (χ4n) is 4.23. The molecule has 3 rings (SSSR count). The standard InChI is InChI=1S/C17H27N3O5S/c1-12(2)9-19(13-5-8-26(24,25)11-13)14(21)10-20-15(22)17(18-16(20)23)6-3-4-7-17/h12-13H,3-11H2,1-2H3,(H,18,23)/t13-/m0/s1. The van der Waals surface area contributed by atoms with Gasteiger partial charge in [0.05, 0.1) is 11.5 Å². The Kier molecular flexibility index (Phi) is 5.02. The highest BCUT2D eigenvalue weighted by atomic mass is 32.2. The molecule has 0 unspecified atom stereocenters. The van der Waals surface area contributed by atoms with Crippen LogP contribution in [0.15, 0.2) is 0 Å². The minimum Gasteiger partial charge on any atom is -0.337 e. The molecule has 26 heavy (non-hydrogen) atoms. The average Bonchev–Trinajstić information content (AvgIpc) is 3.21. The Bertz CT molecular complexity index is 712. The lowest BCUT2D eigenvalue weighted by molar-refractivity contribution is -0.140. The quantitative estimate of drug-likeness (QED) is 0.695. The summed E-state index contributed by atoms with van der Waals surface area (Å²) in [4.78, 5) is 40.4. The number of hydrogen-bond donors (Lipinski definition) is 1. The molecule has 0 aromatic carbocycles. The van der Waals surface area contributed by atoms with Crippen LogP contribution in [0.3, 0.4) is 0 Å². The highest BCUT2D eigenvalue weighted by Crippen LogP contribution is 2.35. The van der Waals surface area contributed by atoms with Crippen LogP contribution in [0, 0.1) is 5.92 Å². The molecule has 9 heteroatoms. The van der Waals surface area contributed by atoms with Crippen LogP contribution in [-0.4, -0.2) is 72.2 Å². The van der Waals surface area contributed by atoms with Gasteiger partial charge < -0.3 is 10.2 Å². The molecule has 4 amide bonds. The molecule has 3 aliphatic rings. The van der Waals surface area contributed by atoms with E-state index in [0.717, 1.165) is 17.7 Å². The van der Waals surface area contributed by atoms with Crippen LogP contribution in [0.25, 0.3) is 0 Å². The van der Waals surface area contributed by atoms with E-state index in [-0.39, 0.29) is 41.8 Å². The van der Waals surface area contributed by atoms with Gasteiger partial charge in [0, 0.05) is 12.6 Å². The van der Waals surface area contributed by atoms with Gasteiger partial charge in [-0.05, 0) is 25.2 Å². The number of hydrogen-bond acceptors (Lipinski definition) is 5. The van der Waals surface area contributed by atoms with E-state index in [4.69, 9.17) is 0 Å². The Hall–Kier alpha value is -1.64. The molecular formula is C17H27N3O5S. The van der Waals surface area contributed by atoms with Crippen molar-refractivity contribution in [3.63, 3.8) is 0 Å². The highest BCUT2D eigenvalue weighted by molar-refractivity contribution is 7.91. The van der Waals surface area contributed by atoms with Crippen molar-refractivity contribution in [2.24, 2.45) is 5.92 Å². The topological polar surface area (TPSA) is 104 Å². The first-order chi connectivity index (χ1) is 12.1. The minimum absolute atomic E-state index is 0.0461. The smallest absolute Gasteiger partial charge is 0.325 e. The zero-order valence-electron chi connectivity index (χ0n) is 15.4. The molecule has 2 aliphatic heterocycles. The molecule has 2 heterocycles. The van der Waals surface area contributed by atoms with Gasteiger partial charge in [0.1, 0.15) is 12.1 Å². The maximum Gasteiger partial charge on any atom is 0.325 e. The third kappa shape index (κ3) is 3.58. The van der Waals surface area contributed by atoms with E-state index in [9.17, 15) is 22.8 Å². The summed E-state index contributed by atoms with van der Waals surface area (Å²) in [6, 6.07) is -0.898. The number of carbonyl (C=O) groups excluding carboxylic acids is 3. The molecule has 146 valence electrons. The van der Waals surface area contributed by atoms with Gasteiger partial charge in [0.15, 0.2) is 9.84 Å². The molecule has 1 saturated carbocycles. The van der Waals surface area contributed by atoms with Gasteiger partial charge in [-0.3, -0.25) is 14.5 Å². The molecule has 3 fully saturated rings. The maximum atomic E-state index is 12.9. The summed E-state index contributed by atoms with van der Waals surface area (Å²) in [6.45, 7) is 3.99. The van der Waals surface area contributed by atoms with Crippen LogP contribution in [0.4, 0.5) is 4.79 Å². The van der Waals surface area contributed by atoms with Crippen LogP contribution in [0.1, 0.15) is 46.0 Å². The first-order valence-corrected chi connectivity index (χ1v) is 11.1. The van der Waals surface area contributed by atoms with Gasteiger partial charge in [0.25, 0.3) is 5.91 Å². The number of nitrogens with zero attached hydrogens (tertiary/aromatic N) is 2. The van der Waals surface area contributed by atoms with Crippen molar-refractivity contribution in [1.29, 1.82) is 0 Å². The number of amides is 4. The minimum atomic E-state index is -3.13. The third-order valence-electron chi connectivity index (χ3n) is 5.53. The first kappa shape index (κ1) is 19.1. The SMILES string of the molecule is CC(C)CN(C(=O)CN1C(=O)NC2(CCCC2)C1=O)[C@H]1CCS(=O)(=O)C1. The summed E-state index contributed by atoms with van der Waals surface area (Å²) < 4.78 is 23.6. The van der Waals surface area contributed by atoms with E-state index in [1.54, 1.807) is 4.90 Å². The average molecular weight is 385 g/mol. The molecule has 0 radical (unpaired) electrons. The Morgan fingerprint density at radius 1 is 1.31 bits per heavy atom. The summed E-state index contributed by atoms with van der Waals surface area (Å²) in [6.07, 6.45) is 3.39. The van der Waals surface area contributed by atoms with E-state index in [0.29, 0.717) is 25.8 Å². The van der Waals surface area contributed by atoms with Gasteiger partial charge in [-0.15, -0.1) is 0 Å². The van der Waals surface area contributed by atoms with Crippen molar-refractivity contribution >= 4 is 27.7 Å². The second-order valence-corrected chi connectivity index (χ2v) is 10.3. The second kappa shape index (κ2) is 6.83. The number of carbonyl (C=O) groups is 3. The third-order valence-corrected chi connectivity index (χ3v) is 7.28. The van der Waals surface area contributed by atoms with Crippen LogP contribution in [0.2, 0.25) is 0 Å². The number of rotatable bonds is 5. The largest absolute Gasteiger partial charge is 0.337 e. The van der Waals surface area contributed by atoms with Crippen molar-refractivity contribution < 1.29 is 22.8 Å². The fourth-order valence-corrected chi connectivity index (χ4v) is 5.96. The predicted octanol–water partition coefficient (Wildman–Crippen LogP) is 0.523. The van der Waals surface area contributed by atoms with Crippen molar-refractivity contribution in [1.82, 2.24) is 15.1 Å². The second-order valence-electron chi connectivity index (χ2n) is 8.11. The summed E-state index contributed by atoms with van der Waals surface area (Å²) in [5.74, 6) is -0.496. The van der Waals surface area contributed by atoms with Gasteiger partial charge in [-0.25, -0.2) is 13.2 Å². The molecule has 1 spiro atoms. The first-order valence-electron chi connectivity index (χ1n) is 9.27. The summed E-state index contributed by atoms with van der Waals surface area (Å²) in [5.41, 5.74) is -0.836. The number of nitrogens with one attached hydrogen (secondary N) is 1. The summed E-state index contributed by atoms with van der Waals surface area (Å²) in [7, 11) is -3.13. The van der Waals surface area contributed by atoms with Crippen molar-refractivity contribution in [2.75, 3.05) is 24.6 Å². The van der Waals surface area contributed by atoms with Gasteiger partial charge in [0.2, 0.25) is 5.91 Å². The van der Waals surface area contributed by atoms with E-state index >= 15 is 0 Å². The zero-order chi connectivity index (χ0) is 19.1. The molecule has 1 aliphatic carbocycles. The molecular weight excluding hydrogens is 358 g/mol. The fraction of sp³-hybridized carbons (Fsp3) is 0.824. The van der Waals surface area contributed by atoms with E-state index in [2.05, 4.69) is 5.32 Å². The molecule has 0 aromatic rings. The van der Waals surface area contributed by atoms with E-state index in [1.807, 2.05) is 13.8 Å². The summed E-state index contributed by atoms with van der Waals surface area (Å²) in [5, 5.41) is 2.77. The van der Waals surface area contributed by atoms with Crippen LogP contribution < -0.4 is 5.32 Å². The van der Waals surface area contributed by atoms with Gasteiger partial charge >= 0.3 is 6.03 Å². The van der Waals surface area contributed by atoms with E-state index in [1.165, 1.54) is 0 Å². The molecule has 0 aromatic heterocycles. The maximum absolute atomic E-state index is 12.9. The Morgan fingerprint density at radius 3 is 2.50 bits per heavy atom. The Labute approximate surface area is 154 Å². The normalized spacial score (nSPS) is 26.7. The molecule has 8 nitrogen and oxygen atoms in total. The molecule has 0 bridgehead atoms. The van der Waals surface area contributed by atoms with Crippen molar-refractivity contribution in [3.8, 4) is 0 Å². The van der Waals surface area contributed by atoms with Crippen LogP contribution >= 0.6 is 0 Å². The molecule has 1 atom stereocenters. The lowest BCUT2D eigenvalue weighted by atomic mass is 9.98. The van der Waals surface area contributed by atoms with Gasteiger partial charge in [-0.1, -0.05) is 26.7 Å². The molecule has 2 saturated heterocycles. The van der Waals surface area contributed by atoms with Crippen molar-refractivity contribution in [3.05, 3.63) is 0 Å².